The standard InChI is InChI=1S/C23H24INO4S2/c1-4-25-22(26)20(31-23(25)30)14-16-12-18(24)21(19(13-16)27-5-2)29-10-9-28-17-8-6-7-15(3)11-17/h6-8,11-14H,4-5,9-10H2,1-3H3. The Morgan fingerprint density at radius 3 is 2.58 bits per heavy atom. The molecule has 1 heterocycles. The zero-order valence-corrected chi connectivity index (χ0v) is 21.4. The Morgan fingerprint density at radius 1 is 1.13 bits per heavy atom. The molecule has 2 aromatic carbocycles. The minimum absolute atomic E-state index is 0.0564. The van der Waals surface area contributed by atoms with Gasteiger partial charge in [-0.2, -0.15) is 0 Å². The summed E-state index contributed by atoms with van der Waals surface area (Å²) in [5, 5.41) is 0. The lowest BCUT2D eigenvalue weighted by molar-refractivity contribution is -0.121. The van der Waals surface area contributed by atoms with Gasteiger partial charge in [0.15, 0.2) is 11.5 Å². The van der Waals surface area contributed by atoms with Gasteiger partial charge in [0, 0.05) is 6.54 Å². The molecule has 5 nitrogen and oxygen atoms in total. The zero-order chi connectivity index (χ0) is 22.4. The van der Waals surface area contributed by atoms with Gasteiger partial charge >= 0.3 is 0 Å². The van der Waals surface area contributed by atoms with Crippen molar-refractivity contribution >= 4 is 62.9 Å². The van der Waals surface area contributed by atoms with Gasteiger partial charge < -0.3 is 14.2 Å². The summed E-state index contributed by atoms with van der Waals surface area (Å²) in [4.78, 5) is 14.7. The van der Waals surface area contributed by atoms with Crippen LogP contribution in [0.2, 0.25) is 0 Å². The molecule has 0 spiro atoms. The zero-order valence-electron chi connectivity index (χ0n) is 17.6. The molecule has 8 heteroatoms. The number of rotatable bonds is 9. The van der Waals surface area contributed by atoms with Crippen molar-refractivity contribution in [3.8, 4) is 17.2 Å². The number of thioether (sulfide) groups is 1. The highest BCUT2D eigenvalue weighted by atomic mass is 127. The number of likely N-dealkylation sites (N-methyl/N-ethyl adjacent to an activating group) is 1. The smallest absolute Gasteiger partial charge is 0.266 e. The number of carbonyl (C=O) groups excluding carboxylic acids is 1. The SMILES string of the molecule is CCOc1cc(C=C2SC(=S)N(CC)C2=O)cc(I)c1OCCOc1cccc(C)c1. The molecule has 0 bridgehead atoms. The number of aryl methyl sites for hydroxylation is 1. The van der Waals surface area contributed by atoms with Crippen LogP contribution < -0.4 is 14.2 Å². The number of ether oxygens (including phenoxy) is 3. The predicted octanol–water partition coefficient (Wildman–Crippen LogP) is 5.68. The number of thiocarbonyl (C=S) groups is 1. The fourth-order valence-corrected chi connectivity index (χ4v) is 5.17. The molecule has 3 rings (SSSR count). The highest BCUT2D eigenvalue weighted by molar-refractivity contribution is 14.1. The van der Waals surface area contributed by atoms with Crippen LogP contribution in [-0.4, -0.2) is 41.5 Å². The van der Waals surface area contributed by atoms with Crippen LogP contribution in [0.5, 0.6) is 17.2 Å². The average molecular weight is 569 g/mol. The summed E-state index contributed by atoms with van der Waals surface area (Å²) in [5.74, 6) is 2.08. The summed E-state index contributed by atoms with van der Waals surface area (Å²) in [7, 11) is 0. The van der Waals surface area contributed by atoms with Crippen LogP contribution in [0.3, 0.4) is 0 Å². The molecule has 2 aromatic rings. The van der Waals surface area contributed by atoms with Crippen LogP contribution in [0.4, 0.5) is 0 Å². The first-order valence-electron chi connectivity index (χ1n) is 9.96. The summed E-state index contributed by atoms with van der Waals surface area (Å²) in [5.41, 5.74) is 2.02. The van der Waals surface area contributed by atoms with Gasteiger partial charge in [-0.3, -0.25) is 9.69 Å². The molecule has 0 atom stereocenters. The van der Waals surface area contributed by atoms with E-state index in [1.165, 1.54) is 11.8 Å². The molecule has 0 N–H and O–H groups in total. The summed E-state index contributed by atoms with van der Waals surface area (Å²) >= 11 is 8.84. The minimum Gasteiger partial charge on any atom is -0.490 e. The van der Waals surface area contributed by atoms with Crippen LogP contribution in [0.15, 0.2) is 41.3 Å². The maximum absolute atomic E-state index is 12.5. The van der Waals surface area contributed by atoms with Gasteiger partial charge in [0.25, 0.3) is 5.91 Å². The number of nitrogens with zero attached hydrogens (tertiary/aromatic N) is 1. The molecule has 31 heavy (non-hydrogen) atoms. The first-order valence-corrected chi connectivity index (χ1v) is 12.3. The van der Waals surface area contributed by atoms with Crippen molar-refractivity contribution in [3.05, 3.63) is 56.0 Å². The summed E-state index contributed by atoms with van der Waals surface area (Å²) in [6.45, 7) is 7.76. The number of carbonyl (C=O) groups is 1. The van der Waals surface area contributed by atoms with Gasteiger partial charge in [-0.25, -0.2) is 0 Å². The second-order valence-corrected chi connectivity index (χ2v) is 9.54. The van der Waals surface area contributed by atoms with Crippen LogP contribution in [-0.2, 0) is 4.79 Å². The quantitative estimate of drug-likeness (QED) is 0.168. The van der Waals surface area contributed by atoms with Crippen molar-refractivity contribution in [1.82, 2.24) is 4.90 Å². The van der Waals surface area contributed by atoms with E-state index in [-0.39, 0.29) is 5.91 Å². The monoisotopic (exact) mass is 569 g/mol. The summed E-state index contributed by atoms with van der Waals surface area (Å²) in [6.07, 6.45) is 1.85. The molecule has 1 saturated heterocycles. The Morgan fingerprint density at radius 2 is 1.90 bits per heavy atom. The van der Waals surface area contributed by atoms with E-state index in [4.69, 9.17) is 26.4 Å². The van der Waals surface area contributed by atoms with E-state index in [1.54, 1.807) is 4.90 Å². The number of hydrogen-bond acceptors (Lipinski definition) is 6. The Kier molecular flexibility index (Phi) is 8.62. The lowest BCUT2D eigenvalue weighted by Gasteiger charge is -2.15. The van der Waals surface area contributed by atoms with Gasteiger partial charge in [0.1, 0.15) is 23.3 Å². The average Bonchev–Trinajstić information content (AvgIpc) is 2.99. The number of hydrogen-bond donors (Lipinski definition) is 0. The fourth-order valence-electron chi connectivity index (χ4n) is 3.01. The summed E-state index contributed by atoms with van der Waals surface area (Å²) in [6, 6.07) is 11.8. The van der Waals surface area contributed by atoms with E-state index in [9.17, 15) is 4.79 Å². The number of amides is 1. The highest BCUT2D eigenvalue weighted by Crippen LogP contribution is 2.37. The Labute approximate surface area is 206 Å². The number of benzene rings is 2. The van der Waals surface area contributed by atoms with Gasteiger partial charge in [0.05, 0.1) is 15.1 Å². The van der Waals surface area contributed by atoms with Crippen molar-refractivity contribution in [1.29, 1.82) is 0 Å². The normalized spacial score (nSPS) is 15.0. The van der Waals surface area contributed by atoms with Gasteiger partial charge in [-0.05, 0) is 84.8 Å². The largest absolute Gasteiger partial charge is 0.490 e. The van der Waals surface area contributed by atoms with E-state index < -0.39 is 0 Å². The maximum Gasteiger partial charge on any atom is 0.266 e. The van der Waals surface area contributed by atoms with Crippen molar-refractivity contribution in [2.24, 2.45) is 0 Å². The third-order valence-corrected chi connectivity index (χ3v) is 6.59. The van der Waals surface area contributed by atoms with Crippen LogP contribution in [0.1, 0.15) is 25.0 Å². The van der Waals surface area contributed by atoms with E-state index in [0.29, 0.717) is 47.1 Å². The first kappa shape index (κ1) is 23.9. The molecule has 164 valence electrons. The molecular weight excluding hydrogens is 545 g/mol. The molecule has 0 unspecified atom stereocenters. The van der Waals surface area contributed by atoms with Gasteiger partial charge in [-0.1, -0.05) is 36.1 Å². The highest BCUT2D eigenvalue weighted by Gasteiger charge is 2.30. The maximum atomic E-state index is 12.5. The minimum atomic E-state index is -0.0564. The van der Waals surface area contributed by atoms with Crippen molar-refractivity contribution < 1.29 is 19.0 Å². The lowest BCUT2D eigenvalue weighted by Crippen LogP contribution is -2.27. The molecule has 0 aromatic heterocycles. The molecular formula is C23H24INO4S2. The molecule has 1 amide bonds. The van der Waals surface area contributed by atoms with Crippen LogP contribution >= 0.6 is 46.6 Å². The van der Waals surface area contributed by atoms with E-state index in [2.05, 4.69) is 22.6 Å². The Bertz CT molecular complexity index is 1010. The fraction of sp³-hybridized carbons (Fsp3) is 0.304. The topological polar surface area (TPSA) is 48.0 Å². The molecule has 1 aliphatic heterocycles. The molecule has 1 fully saturated rings. The third kappa shape index (κ3) is 6.14. The molecule has 1 aliphatic rings. The van der Waals surface area contributed by atoms with Gasteiger partial charge in [-0.15, -0.1) is 0 Å². The van der Waals surface area contributed by atoms with Crippen LogP contribution in [0, 0.1) is 10.5 Å². The second-order valence-electron chi connectivity index (χ2n) is 6.70. The Balaban J connectivity index is 1.72. The second kappa shape index (κ2) is 11.2. The molecule has 0 radical (unpaired) electrons. The van der Waals surface area contributed by atoms with E-state index >= 15 is 0 Å². The van der Waals surface area contributed by atoms with Crippen molar-refractivity contribution in [2.45, 2.75) is 20.8 Å². The van der Waals surface area contributed by atoms with Crippen molar-refractivity contribution in [2.75, 3.05) is 26.4 Å². The lowest BCUT2D eigenvalue weighted by atomic mass is 10.2. The van der Waals surface area contributed by atoms with E-state index in [0.717, 1.165) is 20.4 Å². The van der Waals surface area contributed by atoms with Gasteiger partial charge in [0.2, 0.25) is 0 Å². The first-order chi connectivity index (χ1) is 14.9. The number of halogens is 1. The van der Waals surface area contributed by atoms with E-state index in [1.807, 2.05) is 63.2 Å². The molecule has 0 aliphatic carbocycles. The predicted molar refractivity (Wildman–Crippen MR) is 138 cm³/mol. The molecule has 0 saturated carbocycles. The summed E-state index contributed by atoms with van der Waals surface area (Å²) < 4.78 is 19.1. The van der Waals surface area contributed by atoms with Crippen molar-refractivity contribution in [3.63, 3.8) is 0 Å². The van der Waals surface area contributed by atoms with Crippen LogP contribution in [0.25, 0.3) is 6.08 Å². The Hall–Kier alpha value is -1.78. The third-order valence-electron chi connectivity index (χ3n) is 4.41.